The predicted molar refractivity (Wildman–Crippen MR) is 96.0 cm³/mol. The Kier molecular flexibility index (Phi) is 5.79. The SMILES string of the molecule is CC(C)(C)OC(=O)N1CCC(CCOS(C)(=O)=O)(c2ccccc2)C1. The summed E-state index contributed by atoms with van der Waals surface area (Å²) in [4.78, 5) is 14.1. The molecule has 0 saturated carbocycles. The molecule has 1 saturated heterocycles. The number of likely N-dealkylation sites (tertiary alicyclic amines) is 1. The van der Waals surface area contributed by atoms with Gasteiger partial charge in [-0.25, -0.2) is 4.79 Å². The van der Waals surface area contributed by atoms with Crippen LogP contribution in [0.15, 0.2) is 30.3 Å². The lowest BCUT2D eigenvalue weighted by Crippen LogP contribution is -2.38. The van der Waals surface area contributed by atoms with Crippen LogP contribution in [0, 0.1) is 0 Å². The third-order valence-corrected chi connectivity index (χ3v) is 4.86. The Morgan fingerprint density at radius 3 is 2.44 bits per heavy atom. The van der Waals surface area contributed by atoms with Crippen molar-refractivity contribution in [2.75, 3.05) is 26.0 Å². The lowest BCUT2D eigenvalue weighted by Gasteiger charge is -2.30. The van der Waals surface area contributed by atoms with Gasteiger partial charge in [-0.15, -0.1) is 0 Å². The molecule has 0 aromatic heterocycles. The highest BCUT2D eigenvalue weighted by atomic mass is 32.2. The van der Waals surface area contributed by atoms with Crippen molar-refractivity contribution in [2.45, 2.75) is 44.6 Å². The summed E-state index contributed by atoms with van der Waals surface area (Å²) < 4.78 is 33.0. The molecule has 7 heteroatoms. The van der Waals surface area contributed by atoms with Crippen LogP contribution in [0.4, 0.5) is 4.79 Å². The van der Waals surface area contributed by atoms with E-state index in [1.165, 1.54) is 0 Å². The fourth-order valence-corrected chi connectivity index (χ4v) is 3.50. The maximum absolute atomic E-state index is 12.4. The van der Waals surface area contributed by atoms with Crippen LogP contribution in [-0.2, 0) is 24.5 Å². The van der Waals surface area contributed by atoms with Crippen molar-refractivity contribution in [1.82, 2.24) is 4.90 Å². The molecule has 1 fully saturated rings. The molecule has 0 spiro atoms. The number of hydrogen-bond donors (Lipinski definition) is 0. The second-order valence-corrected chi connectivity index (χ2v) is 9.22. The maximum Gasteiger partial charge on any atom is 0.410 e. The van der Waals surface area contributed by atoms with Crippen molar-refractivity contribution in [3.63, 3.8) is 0 Å². The summed E-state index contributed by atoms with van der Waals surface area (Å²) in [5.41, 5.74) is 0.204. The highest BCUT2D eigenvalue weighted by molar-refractivity contribution is 7.85. The number of amides is 1. The number of hydrogen-bond acceptors (Lipinski definition) is 5. The Balaban J connectivity index is 2.16. The van der Waals surface area contributed by atoms with Gasteiger partial charge in [0, 0.05) is 18.5 Å². The van der Waals surface area contributed by atoms with E-state index in [0.29, 0.717) is 19.5 Å². The second kappa shape index (κ2) is 7.33. The van der Waals surface area contributed by atoms with Crippen molar-refractivity contribution >= 4 is 16.2 Å². The molecule has 0 radical (unpaired) electrons. The highest BCUT2D eigenvalue weighted by Gasteiger charge is 2.42. The van der Waals surface area contributed by atoms with Crippen molar-refractivity contribution in [3.05, 3.63) is 35.9 Å². The summed E-state index contributed by atoms with van der Waals surface area (Å²) in [6.45, 7) is 6.67. The van der Waals surface area contributed by atoms with Gasteiger partial charge in [0.15, 0.2) is 0 Å². The molecule has 0 bridgehead atoms. The summed E-state index contributed by atoms with van der Waals surface area (Å²) in [7, 11) is -3.48. The minimum Gasteiger partial charge on any atom is -0.444 e. The van der Waals surface area contributed by atoms with Crippen LogP contribution in [-0.4, -0.2) is 51.0 Å². The molecule has 1 aromatic rings. The first kappa shape index (κ1) is 19.7. The molecule has 1 aromatic carbocycles. The zero-order valence-corrected chi connectivity index (χ0v) is 16.1. The van der Waals surface area contributed by atoms with Crippen molar-refractivity contribution in [1.29, 1.82) is 0 Å². The number of rotatable bonds is 5. The Hall–Kier alpha value is -1.60. The molecule has 1 atom stereocenters. The summed E-state index contributed by atoms with van der Waals surface area (Å²) in [5.74, 6) is 0. The van der Waals surface area contributed by atoms with E-state index in [1.807, 2.05) is 51.1 Å². The molecule has 1 unspecified atom stereocenters. The van der Waals surface area contributed by atoms with Crippen molar-refractivity contribution < 1.29 is 22.1 Å². The zero-order valence-electron chi connectivity index (χ0n) is 15.3. The van der Waals surface area contributed by atoms with Crippen LogP contribution >= 0.6 is 0 Å². The van der Waals surface area contributed by atoms with Crippen LogP contribution in [0.5, 0.6) is 0 Å². The minimum absolute atomic E-state index is 0.0931. The summed E-state index contributed by atoms with van der Waals surface area (Å²) in [5, 5.41) is 0. The molecule has 140 valence electrons. The smallest absolute Gasteiger partial charge is 0.410 e. The maximum atomic E-state index is 12.4. The first-order valence-electron chi connectivity index (χ1n) is 8.39. The molecular formula is C18H27NO5S. The fourth-order valence-electron chi connectivity index (χ4n) is 3.12. The number of carbonyl (C=O) groups excluding carboxylic acids is 1. The van der Waals surface area contributed by atoms with Crippen LogP contribution < -0.4 is 0 Å². The van der Waals surface area contributed by atoms with E-state index in [-0.39, 0.29) is 18.1 Å². The average Bonchev–Trinajstić information content (AvgIpc) is 2.91. The molecule has 6 nitrogen and oxygen atoms in total. The predicted octanol–water partition coefficient (Wildman–Crippen LogP) is 2.93. The Morgan fingerprint density at radius 1 is 1.24 bits per heavy atom. The Bertz CT molecular complexity index is 696. The van der Waals surface area contributed by atoms with Gasteiger partial charge in [-0.2, -0.15) is 8.42 Å². The van der Waals surface area contributed by atoms with Gasteiger partial charge in [0.1, 0.15) is 5.60 Å². The summed E-state index contributed by atoms with van der Waals surface area (Å²) in [6, 6.07) is 9.86. The van der Waals surface area contributed by atoms with Crippen LogP contribution in [0.25, 0.3) is 0 Å². The van der Waals surface area contributed by atoms with Crippen LogP contribution in [0.1, 0.15) is 39.2 Å². The fraction of sp³-hybridized carbons (Fsp3) is 0.611. The largest absolute Gasteiger partial charge is 0.444 e. The molecule has 0 N–H and O–H groups in total. The monoisotopic (exact) mass is 369 g/mol. The molecule has 1 amide bonds. The number of ether oxygens (including phenoxy) is 1. The van der Waals surface area contributed by atoms with Crippen LogP contribution in [0.3, 0.4) is 0 Å². The second-order valence-electron chi connectivity index (χ2n) is 7.57. The van der Waals surface area contributed by atoms with E-state index in [2.05, 4.69) is 0 Å². The number of benzene rings is 1. The molecule has 0 aliphatic carbocycles. The van der Waals surface area contributed by atoms with E-state index < -0.39 is 15.7 Å². The molecule has 1 aliphatic rings. The average molecular weight is 369 g/mol. The first-order valence-corrected chi connectivity index (χ1v) is 10.2. The van der Waals surface area contributed by atoms with Gasteiger partial charge in [-0.3, -0.25) is 4.18 Å². The van der Waals surface area contributed by atoms with E-state index >= 15 is 0 Å². The van der Waals surface area contributed by atoms with Crippen LogP contribution in [0.2, 0.25) is 0 Å². The Labute approximate surface area is 150 Å². The lowest BCUT2D eigenvalue weighted by molar-refractivity contribution is 0.0281. The van der Waals surface area contributed by atoms with Gasteiger partial charge in [0.2, 0.25) is 0 Å². The van der Waals surface area contributed by atoms with Crippen molar-refractivity contribution in [2.24, 2.45) is 0 Å². The quantitative estimate of drug-likeness (QED) is 0.746. The number of nitrogens with zero attached hydrogens (tertiary/aromatic N) is 1. The van der Waals surface area contributed by atoms with Gasteiger partial charge in [0.25, 0.3) is 10.1 Å². The highest BCUT2D eigenvalue weighted by Crippen LogP contribution is 2.38. The topological polar surface area (TPSA) is 72.9 Å². The van der Waals surface area contributed by atoms with Gasteiger partial charge in [-0.1, -0.05) is 30.3 Å². The lowest BCUT2D eigenvalue weighted by atomic mass is 9.77. The summed E-state index contributed by atoms with van der Waals surface area (Å²) in [6.07, 6.45) is 1.96. The Morgan fingerprint density at radius 2 is 1.88 bits per heavy atom. The standard InChI is InChI=1S/C18H27NO5S/c1-17(2,3)24-16(20)19-12-10-18(14-19,11-13-23-25(4,21)22)15-8-6-5-7-9-15/h5-9H,10-14H2,1-4H3. The van der Waals surface area contributed by atoms with Gasteiger partial charge >= 0.3 is 6.09 Å². The van der Waals surface area contributed by atoms with Gasteiger partial charge in [0.05, 0.1) is 12.9 Å². The van der Waals surface area contributed by atoms with Gasteiger partial charge < -0.3 is 9.64 Å². The molecular weight excluding hydrogens is 342 g/mol. The van der Waals surface area contributed by atoms with E-state index in [1.54, 1.807) is 4.90 Å². The third-order valence-electron chi connectivity index (χ3n) is 4.27. The summed E-state index contributed by atoms with van der Waals surface area (Å²) >= 11 is 0. The molecule has 1 aliphatic heterocycles. The van der Waals surface area contributed by atoms with E-state index in [9.17, 15) is 13.2 Å². The first-order chi connectivity index (χ1) is 11.5. The zero-order chi connectivity index (χ0) is 18.7. The van der Waals surface area contributed by atoms with E-state index in [4.69, 9.17) is 8.92 Å². The van der Waals surface area contributed by atoms with Gasteiger partial charge in [-0.05, 0) is 39.2 Å². The normalized spacial score (nSPS) is 21.4. The number of carbonyl (C=O) groups is 1. The molecule has 25 heavy (non-hydrogen) atoms. The molecule has 1 heterocycles. The molecule has 2 rings (SSSR count). The van der Waals surface area contributed by atoms with Crippen molar-refractivity contribution in [3.8, 4) is 0 Å². The minimum atomic E-state index is -3.48. The van der Waals surface area contributed by atoms with E-state index in [0.717, 1.165) is 18.2 Å². The third kappa shape index (κ3) is 5.71.